The molecule has 0 saturated carbocycles. The number of anilines is 1. The molecule has 1 aliphatic rings. The van der Waals surface area contributed by atoms with Gasteiger partial charge in [-0.15, -0.1) is 0 Å². The first-order valence-electron chi connectivity index (χ1n) is 11.4. The van der Waals surface area contributed by atoms with Crippen LogP contribution in [0.3, 0.4) is 0 Å². The number of urea groups is 1. The van der Waals surface area contributed by atoms with Gasteiger partial charge in [-0.05, 0) is 85.5 Å². The van der Waals surface area contributed by atoms with E-state index >= 15 is 0 Å². The summed E-state index contributed by atoms with van der Waals surface area (Å²) in [6.07, 6.45) is 1.40. The van der Waals surface area contributed by atoms with Crippen molar-refractivity contribution >= 4 is 29.6 Å². The van der Waals surface area contributed by atoms with E-state index in [4.69, 9.17) is 9.47 Å². The number of aryl methyl sites for hydroxylation is 2. The number of amides is 4. The van der Waals surface area contributed by atoms with Gasteiger partial charge in [0.1, 0.15) is 18.0 Å². The molecule has 3 aromatic rings. The number of barbiturate groups is 1. The molecule has 0 spiro atoms. The van der Waals surface area contributed by atoms with Gasteiger partial charge in [0.2, 0.25) is 0 Å². The lowest BCUT2D eigenvalue weighted by Crippen LogP contribution is -2.54. The van der Waals surface area contributed by atoms with Crippen molar-refractivity contribution in [3.05, 3.63) is 94.3 Å². The second-order valence-electron chi connectivity index (χ2n) is 8.36. The van der Waals surface area contributed by atoms with Crippen LogP contribution in [-0.4, -0.2) is 24.5 Å². The predicted octanol–water partition coefficient (Wildman–Crippen LogP) is 5.09. The van der Waals surface area contributed by atoms with E-state index < -0.39 is 17.8 Å². The molecule has 4 amide bonds. The van der Waals surface area contributed by atoms with Gasteiger partial charge in [0.25, 0.3) is 11.8 Å². The van der Waals surface area contributed by atoms with Crippen LogP contribution in [0.15, 0.2) is 66.2 Å². The number of nitrogens with zero attached hydrogens (tertiary/aromatic N) is 1. The maximum absolute atomic E-state index is 13.5. The molecule has 8 heteroatoms. The first-order valence-corrected chi connectivity index (χ1v) is 11.4. The van der Waals surface area contributed by atoms with E-state index in [0.29, 0.717) is 34.9 Å². The van der Waals surface area contributed by atoms with Gasteiger partial charge in [-0.25, -0.2) is 14.1 Å². The van der Waals surface area contributed by atoms with Crippen LogP contribution >= 0.6 is 0 Å². The Morgan fingerprint density at radius 1 is 0.917 bits per heavy atom. The Bertz CT molecular complexity index is 1360. The molecule has 0 radical (unpaired) electrons. The number of carbonyl (C=O) groups is 3. The highest BCUT2D eigenvalue weighted by Crippen LogP contribution is 2.31. The number of carbonyl (C=O) groups excluding carboxylic acids is 3. The van der Waals surface area contributed by atoms with E-state index in [2.05, 4.69) is 5.32 Å². The van der Waals surface area contributed by atoms with Gasteiger partial charge in [-0.2, -0.15) is 0 Å². The van der Waals surface area contributed by atoms with E-state index in [1.807, 2.05) is 26.8 Å². The second-order valence-corrected chi connectivity index (χ2v) is 8.36. The summed E-state index contributed by atoms with van der Waals surface area (Å²) in [5, 5.41) is 2.23. The number of imide groups is 2. The molecule has 1 fully saturated rings. The zero-order chi connectivity index (χ0) is 25.8. The number of benzene rings is 3. The Kier molecular flexibility index (Phi) is 7.15. The molecule has 36 heavy (non-hydrogen) atoms. The topological polar surface area (TPSA) is 84.9 Å². The van der Waals surface area contributed by atoms with Crippen LogP contribution in [0, 0.1) is 19.7 Å². The molecule has 0 atom stereocenters. The minimum absolute atomic E-state index is 0.131. The molecule has 0 unspecified atom stereocenters. The predicted molar refractivity (Wildman–Crippen MR) is 133 cm³/mol. The van der Waals surface area contributed by atoms with Gasteiger partial charge in [0.15, 0.2) is 11.5 Å². The average molecular weight is 489 g/mol. The van der Waals surface area contributed by atoms with Crippen LogP contribution in [0.4, 0.5) is 14.9 Å². The van der Waals surface area contributed by atoms with Crippen LogP contribution < -0.4 is 19.7 Å². The smallest absolute Gasteiger partial charge is 0.335 e. The van der Waals surface area contributed by atoms with Crippen molar-refractivity contribution in [3.63, 3.8) is 0 Å². The summed E-state index contributed by atoms with van der Waals surface area (Å²) in [7, 11) is 0. The van der Waals surface area contributed by atoms with Crippen molar-refractivity contribution in [1.82, 2.24) is 5.32 Å². The fourth-order valence-corrected chi connectivity index (χ4v) is 3.93. The molecule has 0 bridgehead atoms. The highest BCUT2D eigenvalue weighted by Gasteiger charge is 2.37. The lowest BCUT2D eigenvalue weighted by molar-refractivity contribution is -0.122. The Hall–Kier alpha value is -4.46. The molecule has 4 rings (SSSR count). The molecule has 1 heterocycles. The molecule has 1 aliphatic heterocycles. The van der Waals surface area contributed by atoms with E-state index in [9.17, 15) is 18.8 Å². The summed E-state index contributed by atoms with van der Waals surface area (Å²) in [5.41, 5.74) is 3.11. The molecule has 3 aromatic carbocycles. The maximum Gasteiger partial charge on any atom is 0.335 e. The monoisotopic (exact) mass is 488 g/mol. The van der Waals surface area contributed by atoms with E-state index in [-0.39, 0.29) is 18.0 Å². The number of rotatable bonds is 7. The summed E-state index contributed by atoms with van der Waals surface area (Å²) < 4.78 is 25.0. The quantitative estimate of drug-likeness (QED) is 0.370. The summed E-state index contributed by atoms with van der Waals surface area (Å²) in [4.78, 5) is 39.3. The molecule has 0 aliphatic carbocycles. The van der Waals surface area contributed by atoms with Crippen molar-refractivity contribution < 1.29 is 28.2 Å². The van der Waals surface area contributed by atoms with E-state index in [1.165, 1.54) is 18.2 Å². The van der Waals surface area contributed by atoms with Gasteiger partial charge in [-0.3, -0.25) is 14.9 Å². The standard InChI is InChI=1S/C28H25FN2O5/c1-4-35-25-15-19(8-9-24(25)36-16-20-6-5-7-21(29)13-20)14-23-26(32)30-28(34)31(27(23)33)22-11-17(2)10-18(3)12-22/h5-15H,4,16H2,1-3H3,(H,30,32,34)/b23-14+. The average Bonchev–Trinajstić information content (AvgIpc) is 2.81. The third-order valence-electron chi connectivity index (χ3n) is 5.43. The normalized spacial score (nSPS) is 14.7. The van der Waals surface area contributed by atoms with Crippen molar-refractivity contribution in [1.29, 1.82) is 0 Å². The number of hydrogen-bond donors (Lipinski definition) is 1. The highest BCUT2D eigenvalue weighted by atomic mass is 19.1. The molecular formula is C28H25FN2O5. The third kappa shape index (κ3) is 5.43. The Morgan fingerprint density at radius 2 is 1.67 bits per heavy atom. The largest absolute Gasteiger partial charge is 0.490 e. The fourth-order valence-electron chi connectivity index (χ4n) is 3.93. The molecular weight excluding hydrogens is 463 g/mol. The minimum Gasteiger partial charge on any atom is -0.490 e. The van der Waals surface area contributed by atoms with Crippen LogP contribution in [0.5, 0.6) is 11.5 Å². The van der Waals surface area contributed by atoms with Crippen LogP contribution in [0.2, 0.25) is 0 Å². The summed E-state index contributed by atoms with van der Waals surface area (Å²) in [5.74, 6) is -1.04. The fraction of sp³-hybridized carbons (Fsp3) is 0.179. The van der Waals surface area contributed by atoms with E-state index in [1.54, 1.807) is 42.5 Å². The third-order valence-corrected chi connectivity index (χ3v) is 5.43. The molecule has 0 aromatic heterocycles. The van der Waals surface area contributed by atoms with E-state index in [0.717, 1.165) is 16.0 Å². The summed E-state index contributed by atoms with van der Waals surface area (Å²) in [6, 6.07) is 15.6. The van der Waals surface area contributed by atoms with Crippen molar-refractivity contribution in [2.45, 2.75) is 27.4 Å². The first-order chi connectivity index (χ1) is 17.2. The number of ether oxygens (including phenoxy) is 2. The van der Waals surface area contributed by atoms with Gasteiger partial charge in [-0.1, -0.05) is 24.3 Å². The lowest BCUT2D eigenvalue weighted by Gasteiger charge is -2.27. The van der Waals surface area contributed by atoms with Gasteiger partial charge < -0.3 is 9.47 Å². The van der Waals surface area contributed by atoms with Crippen LogP contribution in [0.25, 0.3) is 6.08 Å². The number of nitrogens with one attached hydrogen (secondary N) is 1. The number of hydrogen-bond acceptors (Lipinski definition) is 5. The summed E-state index contributed by atoms with van der Waals surface area (Å²) in [6.45, 7) is 6.01. The Labute approximate surface area is 208 Å². The molecule has 1 N–H and O–H groups in total. The van der Waals surface area contributed by atoms with Crippen LogP contribution in [0.1, 0.15) is 29.2 Å². The lowest BCUT2D eigenvalue weighted by atomic mass is 10.0. The molecule has 184 valence electrons. The van der Waals surface area contributed by atoms with Crippen molar-refractivity contribution in [2.75, 3.05) is 11.5 Å². The highest BCUT2D eigenvalue weighted by molar-refractivity contribution is 6.39. The molecule has 1 saturated heterocycles. The zero-order valence-corrected chi connectivity index (χ0v) is 20.1. The second kappa shape index (κ2) is 10.4. The summed E-state index contributed by atoms with van der Waals surface area (Å²) >= 11 is 0. The van der Waals surface area contributed by atoms with Crippen molar-refractivity contribution in [3.8, 4) is 11.5 Å². The first kappa shape index (κ1) is 24.7. The zero-order valence-electron chi connectivity index (χ0n) is 20.1. The van der Waals surface area contributed by atoms with Crippen molar-refractivity contribution in [2.24, 2.45) is 0 Å². The maximum atomic E-state index is 13.5. The number of halogens is 1. The van der Waals surface area contributed by atoms with Gasteiger partial charge in [0, 0.05) is 0 Å². The molecule has 7 nitrogen and oxygen atoms in total. The Morgan fingerprint density at radius 3 is 2.36 bits per heavy atom. The van der Waals surface area contributed by atoms with Gasteiger partial charge in [0.05, 0.1) is 12.3 Å². The van der Waals surface area contributed by atoms with Crippen LogP contribution in [-0.2, 0) is 16.2 Å². The SMILES string of the molecule is CCOc1cc(/C=C2\C(=O)NC(=O)N(c3cc(C)cc(C)c3)C2=O)ccc1OCc1cccc(F)c1. The van der Waals surface area contributed by atoms with Gasteiger partial charge >= 0.3 is 6.03 Å². The minimum atomic E-state index is -0.803. The Balaban J connectivity index is 1.63.